The molecule has 0 amide bonds. The lowest BCUT2D eigenvalue weighted by molar-refractivity contribution is 0.640. The molecule has 1 aromatic rings. The summed E-state index contributed by atoms with van der Waals surface area (Å²) in [5.74, 6) is 1.31. The summed E-state index contributed by atoms with van der Waals surface area (Å²) in [5.41, 5.74) is 8.44. The molecule has 0 spiro atoms. The maximum absolute atomic E-state index is 5.54. The molecule has 2 atom stereocenters. The Morgan fingerprint density at radius 2 is 1.50 bits per heavy atom. The topological polar surface area (TPSA) is 26.0 Å². The van der Waals surface area contributed by atoms with E-state index in [0.29, 0.717) is 11.8 Å². The maximum Gasteiger partial charge on any atom is -0.00771 e. The summed E-state index contributed by atoms with van der Waals surface area (Å²) >= 11 is 0. The predicted molar refractivity (Wildman–Crippen MR) is 71.9 cm³/mol. The largest absolute Gasteiger partial charge is 0.330 e. The first-order valence-electron chi connectivity index (χ1n) is 6.49. The van der Waals surface area contributed by atoms with Gasteiger partial charge in [-0.15, -0.1) is 0 Å². The van der Waals surface area contributed by atoms with Gasteiger partial charge in [-0.05, 0) is 48.8 Å². The molecule has 0 bridgehead atoms. The van der Waals surface area contributed by atoms with Gasteiger partial charge in [0.25, 0.3) is 0 Å². The molecular weight excluding hydrogens is 194 g/mol. The van der Waals surface area contributed by atoms with Crippen LogP contribution in [0.15, 0.2) is 24.3 Å². The third-order valence-corrected chi connectivity index (χ3v) is 3.53. The summed E-state index contributed by atoms with van der Waals surface area (Å²) in [5, 5.41) is 0. The summed E-state index contributed by atoms with van der Waals surface area (Å²) in [6, 6.07) is 9.12. The zero-order valence-corrected chi connectivity index (χ0v) is 10.9. The Labute approximate surface area is 100 Å². The molecule has 0 saturated carbocycles. The molecule has 0 heterocycles. The molecule has 16 heavy (non-hydrogen) atoms. The minimum Gasteiger partial charge on any atom is -0.330 e. The fourth-order valence-electron chi connectivity index (χ4n) is 1.98. The van der Waals surface area contributed by atoms with Gasteiger partial charge in [0.15, 0.2) is 0 Å². The second-order valence-corrected chi connectivity index (χ2v) is 4.81. The standard InChI is InChI=1S/C15H25N/c1-4-12(2)14-7-9-15(10-8-14)13(3)6-5-11-16/h7-10,12-13H,4-6,11,16H2,1-3H3. The molecule has 1 heteroatoms. The second kappa shape index (κ2) is 6.70. The summed E-state index contributed by atoms with van der Waals surface area (Å²) in [6.45, 7) is 7.61. The van der Waals surface area contributed by atoms with Gasteiger partial charge in [-0.1, -0.05) is 45.0 Å². The SMILES string of the molecule is CCC(C)c1ccc(C(C)CCCN)cc1. The molecule has 0 aliphatic rings. The molecule has 0 aliphatic heterocycles. The van der Waals surface area contributed by atoms with Crippen LogP contribution in [0, 0.1) is 0 Å². The van der Waals surface area contributed by atoms with Crippen molar-refractivity contribution in [3.8, 4) is 0 Å². The highest BCUT2D eigenvalue weighted by Gasteiger charge is 2.06. The number of nitrogens with two attached hydrogens (primary N) is 1. The zero-order valence-electron chi connectivity index (χ0n) is 10.9. The first-order valence-corrected chi connectivity index (χ1v) is 6.49. The van der Waals surface area contributed by atoms with Crippen molar-refractivity contribution in [3.63, 3.8) is 0 Å². The Morgan fingerprint density at radius 3 is 1.94 bits per heavy atom. The highest BCUT2D eigenvalue weighted by Crippen LogP contribution is 2.24. The fourth-order valence-corrected chi connectivity index (χ4v) is 1.98. The van der Waals surface area contributed by atoms with Gasteiger partial charge in [0.05, 0.1) is 0 Å². The quantitative estimate of drug-likeness (QED) is 0.767. The molecule has 2 N–H and O–H groups in total. The second-order valence-electron chi connectivity index (χ2n) is 4.81. The Morgan fingerprint density at radius 1 is 1.00 bits per heavy atom. The van der Waals surface area contributed by atoms with Crippen LogP contribution in [0.5, 0.6) is 0 Å². The van der Waals surface area contributed by atoms with E-state index in [1.165, 1.54) is 24.0 Å². The van der Waals surface area contributed by atoms with Crippen molar-refractivity contribution in [2.45, 2.75) is 51.9 Å². The van der Waals surface area contributed by atoms with Crippen LogP contribution in [0.1, 0.15) is 63.0 Å². The van der Waals surface area contributed by atoms with E-state index < -0.39 is 0 Å². The molecule has 1 aromatic carbocycles. The molecular formula is C15H25N. The van der Waals surface area contributed by atoms with E-state index in [1.54, 1.807) is 0 Å². The van der Waals surface area contributed by atoms with Crippen LogP contribution in [0.3, 0.4) is 0 Å². The Balaban J connectivity index is 2.63. The summed E-state index contributed by atoms with van der Waals surface area (Å²) in [4.78, 5) is 0. The van der Waals surface area contributed by atoms with Crippen LogP contribution >= 0.6 is 0 Å². The van der Waals surface area contributed by atoms with E-state index in [2.05, 4.69) is 45.0 Å². The van der Waals surface area contributed by atoms with Gasteiger partial charge in [0.2, 0.25) is 0 Å². The van der Waals surface area contributed by atoms with E-state index in [9.17, 15) is 0 Å². The number of rotatable bonds is 6. The predicted octanol–water partition coefficient (Wildman–Crippen LogP) is 4.04. The minimum absolute atomic E-state index is 0.634. The third-order valence-electron chi connectivity index (χ3n) is 3.53. The molecule has 0 saturated heterocycles. The minimum atomic E-state index is 0.634. The Hall–Kier alpha value is -0.820. The van der Waals surface area contributed by atoms with E-state index >= 15 is 0 Å². The van der Waals surface area contributed by atoms with Crippen molar-refractivity contribution >= 4 is 0 Å². The normalized spacial score (nSPS) is 14.8. The first-order chi connectivity index (χ1) is 7.69. The average molecular weight is 219 g/mol. The van der Waals surface area contributed by atoms with Crippen molar-refractivity contribution in [2.75, 3.05) is 6.54 Å². The van der Waals surface area contributed by atoms with Gasteiger partial charge < -0.3 is 5.73 Å². The van der Waals surface area contributed by atoms with Crippen molar-refractivity contribution in [1.82, 2.24) is 0 Å². The Bertz CT molecular complexity index is 289. The Kier molecular flexibility index (Phi) is 5.54. The summed E-state index contributed by atoms with van der Waals surface area (Å²) in [7, 11) is 0. The van der Waals surface area contributed by atoms with E-state index in [-0.39, 0.29) is 0 Å². The van der Waals surface area contributed by atoms with Crippen LogP contribution in [-0.4, -0.2) is 6.54 Å². The first kappa shape index (κ1) is 13.2. The molecule has 0 aliphatic carbocycles. The molecule has 0 fully saturated rings. The number of hydrogen-bond acceptors (Lipinski definition) is 1. The van der Waals surface area contributed by atoms with E-state index in [4.69, 9.17) is 5.73 Å². The molecule has 1 rings (SSSR count). The number of benzene rings is 1. The highest BCUT2D eigenvalue weighted by molar-refractivity contribution is 5.27. The summed E-state index contributed by atoms with van der Waals surface area (Å²) < 4.78 is 0. The molecule has 90 valence electrons. The van der Waals surface area contributed by atoms with Gasteiger partial charge in [0, 0.05) is 0 Å². The molecule has 0 radical (unpaired) electrons. The van der Waals surface area contributed by atoms with E-state index in [0.717, 1.165) is 13.0 Å². The van der Waals surface area contributed by atoms with Crippen molar-refractivity contribution in [3.05, 3.63) is 35.4 Å². The van der Waals surface area contributed by atoms with Gasteiger partial charge >= 0.3 is 0 Å². The maximum atomic E-state index is 5.54. The van der Waals surface area contributed by atoms with Crippen molar-refractivity contribution in [2.24, 2.45) is 5.73 Å². The van der Waals surface area contributed by atoms with Gasteiger partial charge in [-0.3, -0.25) is 0 Å². The van der Waals surface area contributed by atoms with Gasteiger partial charge in [0.1, 0.15) is 0 Å². The van der Waals surface area contributed by atoms with Crippen molar-refractivity contribution in [1.29, 1.82) is 0 Å². The third kappa shape index (κ3) is 3.64. The van der Waals surface area contributed by atoms with Gasteiger partial charge in [-0.2, -0.15) is 0 Å². The molecule has 2 unspecified atom stereocenters. The van der Waals surface area contributed by atoms with E-state index in [1.807, 2.05) is 0 Å². The van der Waals surface area contributed by atoms with Crippen molar-refractivity contribution < 1.29 is 0 Å². The zero-order chi connectivity index (χ0) is 12.0. The lowest BCUT2D eigenvalue weighted by Crippen LogP contribution is -2.02. The molecule has 0 aromatic heterocycles. The lowest BCUT2D eigenvalue weighted by atomic mass is 9.92. The highest BCUT2D eigenvalue weighted by atomic mass is 14.5. The summed E-state index contributed by atoms with van der Waals surface area (Å²) in [6.07, 6.45) is 3.52. The van der Waals surface area contributed by atoms with Crippen LogP contribution in [-0.2, 0) is 0 Å². The smallest absolute Gasteiger partial charge is 0.00771 e. The fraction of sp³-hybridized carbons (Fsp3) is 0.600. The number of hydrogen-bond donors (Lipinski definition) is 1. The van der Waals surface area contributed by atoms with Crippen LogP contribution < -0.4 is 5.73 Å². The van der Waals surface area contributed by atoms with Crippen LogP contribution in [0.4, 0.5) is 0 Å². The average Bonchev–Trinajstić information content (AvgIpc) is 2.35. The molecule has 1 nitrogen and oxygen atoms in total. The van der Waals surface area contributed by atoms with Crippen LogP contribution in [0.2, 0.25) is 0 Å². The monoisotopic (exact) mass is 219 g/mol. The lowest BCUT2D eigenvalue weighted by Gasteiger charge is -2.14. The van der Waals surface area contributed by atoms with Gasteiger partial charge in [-0.25, -0.2) is 0 Å². The van der Waals surface area contributed by atoms with Crippen LogP contribution in [0.25, 0.3) is 0 Å².